The van der Waals surface area contributed by atoms with Gasteiger partial charge in [-0.05, 0) is 6.54 Å². The number of hydrogen-bond acceptors (Lipinski definition) is 3. The van der Waals surface area contributed by atoms with Crippen LogP contribution in [-0.4, -0.2) is 55.3 Å². The fourth-order valence-corrected chi connectivity index (χ4v) is 0.950. The van der Waals surface area contributed by atoms with E-state index in [0.29, 0.717) is 19.5 Å². The van der Waals surface area contributed by atoms with Crippen LogP contribution >= 0.6 is 0 Å². The molecule has 0 aromatic carbocycles. The summed E-state index contributed by atoms with van der Waals surface area (Å²) in [5, 5.41) is 0. The average Bonchev–Trinajstić information content (AvgIpc) is 2.11. The van der Waals surface area contributed by atoms with Gasteiger partial charge in [-0.3, -0.25) is 14.5 Å². The second-order valence-electron chi connectivity index (χ2n) is 3.37. The zero-order valence-electron chi connectivity index (χ0n) is 9.12. The maximum absolute atomic E-state index is 11.3. The molecule has 0 bridgehead atoms. The summed E-state index contributed by atoms with van der Waals surface area (Å²) >= 11 is 0. The monoisotopic (exact) mass is 201 g/mol. The van der Waals surface area contributed by atoms with E-state index in [9.17, 15) is 9.59 Å². The molecule has 0 spiro atoms. The van der Waals surface area contributed by atoms with Gasteiger partial charge in [0, 0.05) is 27.1 Å². The van der Waals surface area contributed by atoms with Crippen LogP contribution in [-0.2, 0) is 9.59 Å². The highest BCUT2D eigenvalue weighted by atomic mass is 16.2. The molecular weight excluding hydrogens is 182 g/mol. The largest absolute Gasteiger partial charge is 0.370 e. The van der Waals surface area contributed by atoms with Gasteiger partial charge in [0.2, 0.25) is 11.8 Å². The van der Waals surface area contributed by atoms with E-state index < -0.39 is 0 Å². The van der Waals surface area contributed by atoms with Crippen LogP contribution in [0.4, 0.5) is 0 Å². The van der Waals surface area contributed by atoms with Crippen LogP contribution in [0.2, 0.25) is 0 Å². The minimum Gasteiger partial charge on any atom is -0.370 e. The fourth-order valence-electron chi connectivity index (χ4n) is 0.950. The molecule has 2 N–H and O–H groups in total. The summed E-state index contributed by atoms with van der Waals surface area (Å²) < 4.78 is 0. The Balaban J connectivity index is 3.90. The molecule has 0 rings (SSSR count). The Kier molecular flexibility index (Phi) is 5.87. The minimum absolute atomic E-state index is 0.0383. The van der Waals surface area contributed by atoms with Gasteiger partial charge in [0.05, 0.1) is 6.54 Å². The minimum atomic E-state index is -0.333. The lowest BCUT2D eigenvalue weighted by atomic mass is 10.3. The molecule has 0 saturated heterocycles. The maximum atomic E-state index is 11.3. The van der Waals surface area contributed by atoms with E-state index >= 15 is 0 Å². The third kappa shape index (κ3) is 5.53. The van der Waals surface area contributed by atoms with E-state index in [4.69, 9.17) is 5.73 Å². The van der Waals surface area contributed by atoms with Crippen LogP contribution in [0.1, 0.15) is 13.3 Å². The SMILES string of the molecule is CCN(CCC(N)=O)CC(=O)N(C)C. The van der Waals surface area contributed by atoms with E-state index in [1.165, 1.54) is 4.90 Å². The molecule has 0 atom stereocenters. The first kappa shape index (κ1) is 12.9. The predicted molar refractivity (Wildman–Crippen MR) is 54.6 cm³/mol. The third-order valence-electron chi connectivity index (χ3n) is 1.98. The molecular formula is C9H19N3O2. The average molecular weight is 201 g/mol. The van der Waals surface area contributed by atoms with Gasteiger partial charge in [0.1, 0.15) is 0 Å². The van der Waals surface area contributed by atoms with Gasteiger partial charge < -0.3 is 10.6 Å². The summed E-state index contributed by atoms with van der Waals surface area (Å²) in [6.45, 7) is 3.58. The molecule has 2 amide bonds. The number of primary amides is 1. The fraction of sp³-hybridized carbons (Fsp3) is 0.778. The van der Waals surface area contributed by atoms with E-state index in [1.807, 2.05) is 11.8 Å². The normalized spacial score (nSPS) is 10.3. The molecule has 0 unspecified atom stereocenters. The topological polar surface area (TPSA) is 66.6 Å². The lowest BCUT2D eigenvalue weighted by Gasteiger charge is -2.21. The first-order valence-corrected chi connectivity index (χ1v) is 4.68. The van der Waals surface area contributed by atoms with Gasteiger partial charge in [-0.1, -0.05) is 6.92 Å². The van der Waals surface area contributed by atoms with E-state index in [1.54, 1.807) is 14.1 Å². The molecule has 0 aliphatic rings. The van der Waals surface area contributed by atoms with Crippen molar-refractivity contribution in [2.24, 2.45) is 5.73 Å². The standard InChI is InChI=1S/C9H19N3O2/c1-4-12(6-5-8(10)13)7-9(14)11(2)3/h4-7H2,1-3H3,(H2,10,13). The van der Waals surface area contributed by atoms with E-state index in [-0.39, 0.29) is 11.8 Å². The summed E-state index contributed by atoms with van der Waals surface area (Å²) in [5.41, 5.74) is 5.03. The molecule has 0 fully saturated rings. The Hall–Kier alpha value is -1.10. The molecule has 0 aliphatic heterocycles. The summed E-state index contributed by atoms with van der Waals surface area (Å²) in [7, 11) is 3.43. The number of likely N-dealkylation sites (N-methyl/N-ethyl adjacent to an activating group) is 2. The van der Waals surface area contributed by atoms with Crippen molar-refractivity contribution >= 4 is 11.8 Å². The van der Waals surface area contributed by atoms with Crippen molar-refractivity contribution < 1.29 is 9.59 Å². The Bertz CT molecular complexity index is 204. The molecule has 0 aromatic heterocycles. The molecule has 14 heavy (non-hydrogen) atoms. The number of nitrogens with two attached hydrogens (primary N) is 1. The van der Waals surface area contributed by atoms with Gasteiger partial charge in [-0.25, -0.2) is 0 Å². The lowest BCUT2D eigenvalue weighted by Crippen LogP contribution is -2.38. The molecule has 0 radical (unpaired) electrons. The van der Waals surface area contributed by atoms with Crippen molar-refractivity contribution in [2.45, 2.75) is 13.3 Å². The Morgan fingerprint density at radius 1 is 1.29 bits per heavy atom. The molecule has 0 aromatic rings. The Labute approximate surface area is 84.8 Å². The van der Waals surface area contributed by atoms with Crippen LogP contribution in [0.5, 0.6) is 0 Å². The Morgan fingerprint density at radius 3 is 2.21 bits per heavy atom. The number of carbonyl (C=O) groups is 2. The van der Waals surface area contributed by atoms with E-state index in [2.05, 4.69) is 0 Å². The second kappa shape index (κ2) is 6.37. The number of carbonyl (C=O) groups excluding carboxylic acids is 2. The highest BCUT2D eigenvalue weighted by molar-refractivity contribution is 5.78. The van der Waals surface area contributed by atoms with Crippen molar-refractivity contribution in [1.82, 2.24) is 9.80 Å². The first-order chi connectivity index (χ1) is 6.47. The highest BCUT2D eigenvalue weighted by Crippen LogP contribution is 1.92. The van der Waals surface area contributed by atoms with Crippen molar-refractivity contribution in [2.75, 3.05) is 33.7 Å². The number of hydrogen-bond donors (Lipinski definition) is 1. The van der Waals surface area contributed by atoms with Crippen molar-refractivity contribution in [3.05, 3.63) is 0 Å². The highest BCUT2D eigenvalue weighted by Gasteiger charge is 2.10. The van der Waals surface area contributed by atoms with Crippen LogP contribution in [0, 0.1) is 0 Å². The smallest absolute Gasteiger partial charge is 0.236 e. The quantitative estimate of drug-likeness (QED) is 0.616. The lowest BCUT2D eigenvalue weighted by molar-refractivity contribution is -0.130. The van der Waals surface area contributed by atoms with Crippen molar-refractivity contribution in [3.63, 3.8) is 0 Å². The van der Waals surface area contributed by atoms with E-state index in [0.717, 1.165) is 6.54 Å². The molecule has 0 aliphatic carbocycles. The van der Waals surface area contributed by atoms with Crippen LogP contribution in [0.15, 0.2) is 0 Å². The van der Waals surface area contributed by atoms with Crippen LogP contribution in [0.25, 0.3) is 0 Å². The van der Waals surface area contributed by atoms with Gasteiger partial charge >= 0.3 is 0 Å². The molecule has 0 heterocycles. The molecule has 82 valence electrons. The molecule has 5 heteroatoms. The van der Waals surface area contributed by atoms with Crippen LogP contribution in [0.3, 0.4) is 0 Å². The maximum Gasteiger partial charge on any atom is 0.236 e. The molecule has 5 nitrogen and oxygen atoms in total. The van der Waals surface area contributed by atoms with Gasteiger partial charge in [-0.15, -0.1) is 0 Å². The zero-order chi connectivity index (χ0) is 11.1. The summed E-state index contributed by atoms with van der Waals surface area (Å²) in [5.74, 6) is -0.294. The summed E-state index contributed by atoms with van der Waals surface area (Å²) in [6, 6.07) is 0. The van der Waals surface area contributed by atoms with Crippen LogP contribution < -0.4 is 5.73 Å². The van der Waals surface area contributed by atoms with Crippen molar-refractivity contribution in [3.8, 4) is 0 Å². The second-order valence-corrected chi connectivity index (χ2v) is 3.37. The van der Waals surface area contributed by atoms with Crippen molar-refractivity contribution in [1.29, 1.82) is 0 Å². The number of nitrogens with zero attached hydrogens (tertiary/aromatic N) is 2. The van der Waals surface area contributed by atoms with Gasteiger partial charge in [0.15, 0.2) is 0 Å². The first-order valence-electron chi connectivity index (χ1n) is 4.68. The summed E-state index contributed by atoms with van der Waals surface area (Å²) in [4.78, 5) is 25.3. The predicted octanol–water partition coefficient (Wildman–Crippen LogP) is -0.728. The number of rotatable bonds is 6. The van der Waals surface area contributed by atoms with Gasteiger partial charge in [0.25, 0.3) is 0 Å². The zero-order valence-corrected chi connectivity index (χ0v) is 9.12. The van der Waals surface area contributed by atoms with Gasteiger partial charge in [-0.2, -0.15) is 0 Å². The summed E-state index contributed by atoms with van der Waals surface area (Å²) in [6.07, 6.45) is 0.300. The third-order valence-corrected chi connectivity index (χ3v) is 1.98. The molecule has 0 saturated carbocycles. The Morgan fingerprint density at radius 2 is 1.86 bits per heavy atom. The number of amides is 2.